The lowest BCUT2D eigenvalue weighted by Gasteiger charge is -2.36. The van der Waals surface area contributed by atoms with Crippen LogP contribution in [0.25, 0.3) is 0 Å². The summed E-state index contributed by atoms with van der Waals surface area (Å²) >= 11 is 0. The molecule has 2 aliphatic carbocycles. The minimum absolute atomic E-state index is 0.258. The van der Waals surface area contributed by atoms with Gasteiger partial charge in [-0.15, -0.1) is 0 Å². The lowest BCUT2D eigenvalue weighted by Crippen LogP contribution is -2.56. The van der Waals surface area contributed by atoms with Gasteiger partial charge in [-0.2, -0.15) is 5.26 Å². The molecule has 0 heterocycles. The summed E-state index contributed by atoms with van der Waals surface area (Å²) < 4.78 is 26.8. The van der Waals surface area contributed by atoms with Crippen LogP contribution in [-0.4, -0.2) is 29.1 Å². The number of hydrogen-bond acceptors (Lipinski definition) is 3. The molecule has 0 bridgehead atoms. The predicted octanol–water partition coefficient (Wildman–Crippen LogP) is 1.74. The maximum atomic E-state index is 13.4. The van der Waals surface area contributed by atoms with Gasteiger partial charge in [-0.25, -0.2) is 8.78 Å². The van der Waals surface area contributed by atoms with Crippen LogP contribution in [0.3, 0.4) is 0 Å². The number of amides is 1. The van der Waals surface area contributed by atoms with Crippen LogP contribution in [0.2, 0.25) is 0 Å². The molecule has 2 saturated carbocycles. The molecule has 19 heavy (non-hydrogen) atoms. The maximum Gasteiger partial charge on any atom is 0.275 e. The summed E-state index contributed by atoms with van der Waals surface area (Å²) in [6.07, 6.45) is 0.891. The predicted molar refractivity (Wildman–Crippen MR) is 63.2 cm³/mol. The fourth-order valence-corrected chi connectivity index (χ4v) is 2.98. The van der Waals surface area contributed by atoms with Crippen LogP contribution in [0.1, 0.15) is 44.9 Å². The first-order chi connectivity index (χ1) is 8.91. The zero-order chi connectivity index (χ0) is 14.1. The Kier molecular flexibility index (Phi) is 3.77. The SMILES string of the molecule is N#CC1(C(=O)N[C@@H]2CCCC(F)(F)[C@H]2O)CCCC1. The van der Waals surface area contributed by atoms with Crippen LogP contribution in [0.5, 0.6) is 0 Å². The van der Waals surface area contributed by atoms with Crippen molar-refractivity contribution in [2.75, 3.05) is 0 Å². The Bertz CT molecular complexity index is 400. The van der Waals surface area contributed by atoms with Crippen molar-refractivity contribution in [1.82, 2.24) is 5.32 Å². The van der Waals surface area contributed by atoms with E-state index in [9.17, 15) is 18.7 Å². The average molecular weight is 272 g/mol. The maximum absolute atomic E-state index is 13.4. The third-order valence-electron chi connectivity index (χ3n) is 4.26. The van der Waals surface area contributed by atoms with Gasteiger partial charge in [0.05, 0.1) is 12.1 Å². The largest absolute Gasteiger partial charge is 0.385 e. The monoisotopic (exact) mass is 272 g/mol. The van der Waals surface area contributed by atoms with Gasteiger partial charge in [-0.05, 0) is 25.7 Å². The van der Waals surface area contributed by atoms with E-state index >= 15 is 0 Å². The number of nitrogens with one attached hydrogen (secondary N) is 1. The number of nitrogens with zero attached hydrogens (tertiary/aromatic N) is 1. The molecule has 2 rings (SSSR count). The van der Waals surface area contributed by atoms with Crippen LogP contribution >= 0.6 is 0 Å². The van der Waals surface area contributed by atoms with E-state index < -0.39 is 29.4 Å². The van der Waals surface area contributed by atoms with Gasteiger partial charge >= 0.3 is 0 Å². The smallest absolute Gasteiger partial charge is 0.275 e. The first kappa shape index (κ1) is 14.2. The Morgan fingerprint density at radius 2 is 1.89 bits per heavy atom. The third-order valence-corrected chi connectivity index (χ3v) is 4.26. The normalized spacial score (nSPS) is 32.5. The Morgan fingerprint density at radius 1 is 1.26 bits per heavy atom. The summed E-state index contributed by atoms with van der Waals surface area (Å²) in [7, 11) is 0. The summed E-state index contributed by atoms with van der Waals surface area (Å²) in [5.74, 6) is -3.67. The number of aliphatic hydroxyl groups excluding tert-OH is 1. The van der Waals surface area contributed by atoms with E-state index in [0.29, 0.717) is 19.3 Å². The van der Waals surface area contributed by atoms with E-state index in [1.54, 1.807) is 0 Å². The average Bonchev–Trinajstić information content (AvgIpc) is 2.85. The summed E-state index contributed by atoms with van der Waals surface area (Å²) in [6.45, 7) is 0. The van der Waals surface area contributed by atoms with Crippen molar-refractivity contribution in [2.45, 2.75) is 63.0 Å². The van der Waals surface area contributed by atoms with Gasteiger partial charge < -0.3 is 10.4 Å². The van der Waals surface area contributed by atoms with Gasteiger partial charge in [-0.1, -0.05) is 12.8 Å². The number of halogens is 2. The van der Waals surface area contributed by atoms with Gasteiger partial charge in [0.2, 0.25) is 5.91 Å². The summed E-state index contributed by atoms with van der Waals surface area (Å²) in [5.41, 5.74) is -1.09. The lowest BCUT2D eigenvalue weighted by molar-refractivity contribution is -0.151. The molecule has 0 spiro atoms. The standard InChI is InChI=1S/C13H18F2N2O2/c14-13(15)7-3-4-9(10(13)18)17-11(19)12(8-16)5-1-2-6-12/h9-10,18H,1-7H2,(H,17,19)/t9-,10+/m1/s1. The molecule has 0 radical (unpaired) electrons. The summed E-state index contributed by atoms with van der Waals surface area (Å²) in [6, 6.07) is 1.06. The number of hydrogen-bond donors (Lipinski definition) is 2. The fraction of sp³-hybridized carbons (Fsp3) is 0.846. The van der Waals surface area contributed by atoms with E-state index in [1.165, 1.54) is 0 Å². The van der Waals surface area contributed by atoms with E-state index in [0.717, 1.165) is 12.8 Å². The third kappa shape index (κ3) is 2.57. The molecule has 0 unspecified atom stereocenters. The molecule has 2 atom stereocenters. The van der Waals surface area contributed by atoms with Crippen LogP contribution in [0.4, 0.5) is 8.78 Å². The number of rotatable bonds is 2. The van der Waals surface area contributed by atoms with Crippen LogP contribution < -0.4 is 5.32 Å². The molecule has 1 amide bonds. The van der Waals surface area contributed by atoms with Crippen LogP contribution in [0, 0.1) is 16.7 Å². The van der Waals surface area contributed by atoms with Crippen molar-refractivity contribution in [3.8, 4) is 6.07 Å². The molecule has 106 valence electrons. The van der Waals surface area contributed by atoms with Crippen molar-refractivity contribution < 1.29 is 18.7 Å². The molecule has 2 N–H and O–H groups in total. The first-order valence-electron chi connectivity index (χ1n) is 6.69. The summed E-state index contributed by atoms with van der Waals surface area (Å²) in [5, 5.41) is 21.2. The molecule has 0 aromatic carbocycles. The Morgan fingerprint density at radius 3 is 2.47 bits per heavy atom. The highest BCUT2D eigenvalue weighted by atomic mass is 19.3. The number of carbonyl (C=O) groups is 1. The van der Waals surface area contributed by atoms with Crippen molar-refractivity contribution in [1.29, 1.82) is 5.26 Å². The molecule has 0 aliphatic heterocycles. The van der Waals surface area contributed by atoms with Gasteiger partial charge in [0.25, 0.3) is 5.92 Å². The van der Waals surface area contributed by atoms with E-state index in [2.05, 4.69) is 5.32 Å². The van der Waals surface area contributed by atoms with Gasteiger partial charge in [0.1, 0.15) is 11.5 Å². The van der Waals surface area contributed by atoms with E-state index in [1.807, 2.05) is 6.07 Å². The van der Waals surface area contributed by atoms with Crippen molar-refractivity contribution in [3.05, 3.63) is 0 Å². The van der Waals surface area contributed by atoms with Crippen molar-refractivity contribution in [3.63, 3.8) is 0 Å². The second-order valence-corrected chi connectivity index (χ2v) is 5.58. The fourth-order valence-electron chi connectivity index (χ4n) is 2.98. The van der Waals surface area contributed by atoms with Crippen LogP contribution in [-0.2, 0) is 4.79 Å². The van der Waals surface area contributed by atoms with Crippen molar-refractivity contribution in [2.24, 2.45) is 5.41 Å². The zero-order valence-electron chi connectivity index (χ0n) is 10.7. The molecule has 2 aliphatic rings. The molecular weight excluding hydrogens is 254 g/mol. The Hall–Kier alpha value is -1.22. The van der Waals surface area contributed by atoms with Crippen molar-refractivity contribution >= 4 is 5.91 Å². The molecule has 0 aromatic heterocycles. The van der Waals surface area contributed by atoms with Gasteiger partial charge in [0.15, 0.2) is 0 Å². The van der Waals surface area contributed by atoms with Crippen LogP contribution in [0.15, 0.2) is 0 Å². The highest BCUT2D eigenvalue weighted by Gasteiger charge is 2.49. The molecule has 2 fully saturated rings. The zero-order valence-corrected chi connectivity index (χ0v) is 10.7. The lowest BCUT2D eigenvalue weighted by atomic mass is 9.84. The van der Waals surface area contributed by atoms with Gasteiger partial charge in [-0.3, -0.25) is 4.79 Å². The quantitative estimate of drug-likeness (QED) is 0.804. The number of nitriles is 1. The topological polar surface area (TPSA) is 73.1 Å². The molecular formula is C13H18F2N2O2. The molecule has 0 aromatic rings. The number of carbonyl (C=O) groups excluding carboxylic acids is 1. The van der Waals surface area contributed by atoms with Gasteiger partial charge in [0, 0.05) is 6.42 Å². The minimum atomic E-state index is -3.16. The number of aliphatic hydroxyl groups is 1. The minimum Gasteiger partial charge on any atom is -0.385 e. The molecule has 4 nitrogen and oxygen atoms in total. The molecule has 6 heteroatoms. The first-order valence-corrected chi connectivity index (χ1v) is 6.69. The van der Waals surface area contributed by atoms with E-state index in [4.69, 9.17) is 5.26 Å². The highest BCUT2D eigenvalue weighted by molar-refractivity contribution is 5.86. The second kappa shape index (κ2) is 5.04. The summed E-state index contributed by atoms with van der Waals surface area (Å²) in [4.78, 5) is 12.1. The Labute approximate surface area is 110 Å². The second-order valence-electron chi connectivity index (χ2n) is 5.58. The Balaban J connectivity index is 2.05. The number of alkyl halides is 2. The molecule has 0 saturated heterocycles. The van der Waals surface area contributed by atoms with E-state index in [-0.39, 0.29) is 12.8 Å². The highest BCUT2D eigenvalue weighted by Crippen LogP contribution is 2.39.